The molecule has 2 saturated carbocycles. The van der Waals surface area contributed by atoms with Gasteiger partial charge in [0.05, 0.1) is 0 Å². The molecule has 0 aromatic carbocycles. The predicted molar refractivity (Wildman–Crippen MR) is 88.3 cm³/mol. The second kappa shape index (κ2) is 4.92. The second-order valence-electron chi connectivity index (χ2n) is 8.12. The van der Waals surface area contributed by atoms with Gasteiger partial charge in [-0.05, 0) is 0 Å². The van der Waals surface area contributed by atoms with Crippen molar-refractivity contribution >= 4 is 0 Å². The third-order valence-corrected chi connectivity index (χ3v) is 22.1. The summed E-state index contributed by atoms with van der Waals surface area (Å²) in [4.78, 5) is 0. The van der Waals surface area contributed by atoms with Crippen molar-refractivity contribution in [3.05, 3.63) is 48.6 Å². The molecule has 6 atom stereocenters. The van der Waals surface area contributed by atoms with E-state index in [4.69, 9.17) is 0 Å². The summed E-state index contributed by atoms with van der Waals surface area (Å²) in [5.41, 5.74) is 0. The van der Waals surface area contributed by atoms with Crippen LogP contribution in [-0.4, -0.2) is 0 Å². The van der Waals surface area contributed by atoms with E-state index in [9.17, 15) is 0 Å². The summed E-state index contributed by atoms with van der Waals surface area (Å²) in [7, 11) is 0. The van der Waals surface area contributed by atoms with Crippen molar-refractivity contribution in [1.29, 1.82) is 0 Å². The van der Waals surface area contributed by atoms with Gasteiger partial charge >= 0.3 is 134 Å². The Morgan fingerprint density at radius 3 is 1.57 bits per heavy atom. The fraction of sp³-hybridized carbons (Fsp3) is 0.600. The van der Waals surface area contributed by atoms with Crippen LogP contribution < -0.4 is 0 Å². The molecule has 1 aliphatic heterocycles. The van der Waals surface area contributed by atoms with Crippen molar-refractivity contribution in [3.8, 4) is 0 Å². The molecule has 5 rings (SSSR count). The van der Waals surface area contributed by atoms with E-state index in [1.54, 1.807) is 21.1 Å². The molecule has 1 heteroatoms. The molecule has 1 saturated heterocycles. The smallest absolute Gasteiger partial charge is 1.00 e. The first kappa shape index (κ1) is 13.3. The van der Waals surface area contributed by atoms with Gasteiger partial charge in [-0.2, -0.15) is 0 Å². The van der Waals surface area contributed by atoms with Crippen LogP contribution in [0.1, 0.15) is 28.5 Å². The van der Waals surface area contributed by atoms with Gasteiger partial charge in [0.15, 0.2) is 0 Å². The zero-order chi connectivity index (χ0) is 13.9. The Labute approximate surface area is 136 Å². The van der Waals surface area contributed by atoms with Crippen LogP contribution in [0, 0.1) is 23.7 Å². The number of allylic oxidation sites excluding steroid dienone is 8. The van der Waals surface area contributed by atoms with Crippen molar-refractivity contribution in [1.82, 2.24) is 0 Å². The summed E-state index contributed by atoms with van der Waals surface area (Å²) < 4.78 is 5.83. The van der Waals surface area contributed by atoms with Crippen molar-refractivity contribution < 1.29 is 23.1 Å². The molecule has 0 spiro atoms. The molecule has 6 unspecified atom stereocenters. The maximum absolute atomic E-state index is 2.60. The summed E-state index contributed by atoms with van der Waals surface area (Å²) in [6, 6.07) is 0. The first-order valence-corrected chi connectivity index (χ1v) is 15.4. The fourth-order valence-electron chi connectivity index (χ4n) is 6.41. The van der Waals surface area contributed by atoms with Crippen LogP contribution in [-0.2, 0) is 20.3 Å². The molecule has 0 aromatic rings. The van der Waals surface area contributed by atoms with Gasteiger partial charge in [0.25, 0.3) is 0 Å². The molecule has 0 nitrogen and oxygen atoms in total. The first-order chi connectivity index (χ1) is 10.4. The summed E-state index contributed by atoms with van der Waals surface area (Å²) in [6.07, 6.45) is 25.7. The summed E-state index contributed by atoms with van der Waals surface area (Å²) in [5.74, 6) is 3.73. The van der Waals surface area contributed by atoms with Crippen molar-refractivity contribution in [2.45, 2.75) is 41.2 Å². The summed E-state index contributed by atoms with van der Waals surface area (Å²) in [5, 5.41) is 0. The van der Waals surface area contributed by atoms with E-state index < -0.39 is 20.3 Å². The van der Waals surface area contributed by atoms with Crippen LogP contribution in [0.25, 0.3) is 0 Å². The Balaban J connectivity index is 0.000000781. The van der Waals surface area contributed by atoms with E-state index >= 15 is 0 Å². The van der Waals surface area contributed by atoms with Gasteiger partial charge in [-0.3, -0.25) is 0 Å². The Morgan fingerprint density at radius 1 is 0.619 bits per heavy atom. The Hall–Kier alpha value is -0.157. The van der Waals surface area contributed by atoms with Gasteiger partial charge in [0.2, 0.25) is 0 Å². The topological polar surface area (TPSA) is 0 Å². The molecular weight excluding hydrogens is 331 g/mol. The van der Waals surface area contributed by atoms with E-state index in [-0.39, 0.29) is 2.85 Å². The first-order valence-electron chi connectivity index (χ1n) is 9.08. The van der Waals surface area contributed by atoms with Crippen LogP contribution in [0.4, 0.5) is 0 Å². The van der Waals surface area contributed by atoms with Crippen molar-refractivity contribution in [2.75, 3.05) is 0 Å². The monoisotopic (exact) mass is 358 g/mol. The molecule has 5 aliphatic rings. The minimum Gasteiger partial charge on any atom is -1.00 e. The van der Waals surface area contributed by atoms with Crippen LogP contribution in [0.2, 0.25) is 15.5 Å². The molecule has 0 amide bonds. The van der Waals surface area contributed by atoms with Gasteiger partial charge < -0.3 is 2.85 Å². The molecule has 0 radical (unpaired) electrons. The summed E-state index contributed by atoms with van der Waals surface area (Å²) in [6.45, 7) is 0. The number of hydrogen-bond donors (Lipinski definition) is 0. The summed E-state index contributed by atoms with van der Waals surface area (Å²) >= 11 is -1.84. The normalized spacial score (nSPS) is 46.9. The van der Waals surface area contributed by atoms with Gasteiger partial charge in [-0.15, -0.1) is 0 Å². The molecule has 1 heterocycles. The Kier molecular flexibility index (Phi) is 3.12. The average Bonchev–Trinajstić information content (AvgIpc) is 3.03. The average molecular weight is 360 g/mol. The molecule has 112 valence electrons. The third kappa shape index (κ3) is 1.96. The standard InChI is InChI=1S/2C9H11.C2H4.Zr.2H/c2*1-2-5-9-7-3-6-8(9)4-1;1-2;;;/h2*1-2,4-6,8-9H,3,7H2;1-2H2;;;/q;;;+2;2*-1. The van der Waals surface area contributed by atoms with Crippen LogP contribution in [0.5, 0.6) is 0 Å². The minimum absolute atomic E-state index is 0. The van der Waals surface area contributed by atoms with Gasteiger partial charge in [-0.1, -0.05) is 0 Å². The largest absolute Gasteiger partial charge is 1.00 e. The van der Waals surface area contributed by atoms with Crippen molar-refractivity contribution in [2.24, 2.45) is 23.7 Å². The third-order valence-electron chi connectivity index (χ3n) is 7.45. The van der Waals surface area contributed by atoms with E-state index in [0.717, 1.165) is 23.7 Å². The van der Waals surface area contributed by atoms with E-state index in [1.165, 1.54) is 20.1 Å². The zero-order valence-electron chi connectivity index (χ0n) is 14.8. The Bertz CT molecular complexity index is 512. The van der Waals surface area contributed by atoms with Crippen LogP contribution in [0.15, 0.2) is 48.6 Å². The Morgan fingerprint density at radius 2 is 1.10 bits per heavy atom. The van der Waals surface area contributed by atoms with Gasteiger partial charge in [0.1, 0.15) is 0 Å². The van der Waals surface area contributed by atoms with E-state index in [1.807, 2.05) is 0 Å². The molecule has 0 N–H and O–H groups in total. The van der Waals surface area contributed by atoms with E-state index in [2.05, 4.69) is 48.6 Å². The minimum atomic E-state index is -1.84. The quantitative estimate of drug-likeness (QED) is 0.559. The number of hydrogen-bond acceptors (Lipinski definition) is 0. The van der Waals surface area contributed by atoms with Gasteiger partial charge in [-0.25, -0.2) is 0 Å². The second-order valence-corrected chi connectivity index (χ2v) is 20.3. The van der Waals surface area contributed by atoms with Crippen LogP contribution in [0.3, 0.4) is 0 Å². The maximum Gasteiger partial charge on any atom is -1.00 e. The molecule has 0 bridgehead atoms. The molecule has 4 aliphatic carbocycles. The van der Waals surface area contributed by atoms with Crippen molar-refractivity contribution in [3.63, 3.8) is 0 Å². The molecule has 21 heavy (non-hydrogen) atoms. The van der Waals surface area contributed by atoms with E-state index in [0.29, 0.717) is 0 Å². The SMILES string of the molecule is C1=CC2CC[CH]([Zr+2]3([CH]4CCC5C=CC=CC54)[CH2][CH2]3)C2C=C1.[H-].[H-]. The predicted octanol–water partition coefficient (Wildman–Crippen LogP) is 6.10. The maximum atomic E-state index is 2.60. The van der Waals surface area contributed by atoms with Crippen LogP contribution >= 0.6 is 0 Å². The number of fused-ring (bicyclic) bond motifs is 2. The molecule has 0 aromatic heterocycles. The zero-order valence-corrected chi connectivity index (χ0v) is 15.3. The van der Waals surface area contributed by atoms with Gasteiger partial charge in [0, 0.05) is 0 Å². The molecular formula is C20H28Zr. The molecule has 3 fully saturated rings. The number of rotatable bonds is 2. The fourth-order valence-corrected chi connectivity index (χ4v) is 25.5.